The zero-order valence-electron chi connectivity index (χ0n) is 15.2. The summed E-state index contributed by atoms with van der Waals surface area (Å²) in [5.41, 5.74) is 0.352. The Kier molecular flexibility index (Phi) is 5.58. The highest BCUT2D eigenvalue weighted by molar-refractivity contribution is 5.97. The monoisotopic (exact) mass is 355 g/mol. The number of rotatable bonds is 5. The van der Waals surface area contributed by atoms with E-state index < -0.39 is 5.41 Å². The molecule has 0 aromatic heterocycles. The van der Waals surface area contributed by atoms with Crippen molar-refractivity contribution in [1.82, 2.24) is 9.80 Å². The lowest BCUT2D eigenvalue weighted by atomic mass is 9.78. The molecule has 3 rings (SSSR count). The Balaban J connectivity index is 1.71. The maximum absolute atomic E-state index is 13.1. The molecule has 2 aliphatic rings. The second-order valence-electron chi connectivity index (χ2n) is 7.16. The highest BCUT2D eigenvalue weighted by atomic mass is 16.5. The summed E-state index contributed by atoms with van der Waals surface area (Å²) < 4.78 is 5.09. The van der Waals surface area contributed by atoms with Crippen LogP contribution in [0.1, 0.15) is 41.6 Å². The normalized spacial score (nSPS) is 22.7. The van der Waals surface area contributed by atoms with E-state index in [1.165, 1.54) is 0 Å². The van der Waals surface area contributed by atoms with Crippen molar-refractivity contribution in [1.29, 1.82) is 5.26 Å². The Bertz CT molecular complexity index is 727. The van der Waals surface area contributed by atoms with Crippen molar-refractivity contribution in [2.24, 2.45) is 5.41 Å². The predicted octanol–water partition coefficient (Wildman–Crippen LogP) is 2.05. The summed E-state index contributed by atoms with van der Waals surface area (Å²) in [6.07, 6.45) is 3.33. The van der Waals surface area contributed by atoms with Crippen molar-refractivity contribution in [3.05, 3.63) is 35.4 Å². The van der Waals surface area contributed by atoms with Crippen LogP contribution in [0.15, 0.2) is 24.3 Å². The first kappa shape index (κ1) is 18.4. The van der Waals surface area contributed by atoms with E-state index >= 15 is 0 Å². The van der Waals surface area contributed by atoms with Crippen molar-refractivity contribution in [3.8, 4) is 6.07 Å². The number of methoxy groups -OCH3 is 1. The van der Waals surface area contributed by atoms with Gasteiger partial charge in [0.1, 0.15) is 0 Å². The molecule has 1 aromatic carbocycles. The topological polar surface area (TPSA) is 73.6 Å². The van der Waals surface area contributed by atoms with E-state index in [9.17, 15) is 14.9 Å². The van der Waals surface area contributed by atoms with Gasteiger partial charge >= 0.3 is 0 Å². The van der Waals surface area contributed by atoms with Gasteiger partial charge in [0.25, 0.3) is 5.91 Å². The zero-order chi connectivity index (χ0) is 18.6. The van der Waals surface area contributed by atoms with E-state index in [4.69, 9.17) is 4.74 Å². The molecule has 0 bridgehead atoms. The third-order valence-corrected chi connectivity index (χ3v) is 5.52. The lowest BCUT2D eigenvalue weighted by molar-refractivity contribution is -0.145. The summed E-state index contributed by atoms with van der Waals surface area (Å²) in [6, 6.07) is 8.94. The quantitative estimate of drug-likeness (QED) is 0.758. The standard InChI is InChI=1S/C20H25N3O3/c1-26-13-5-11-22-10-4-8-20(19(22)25)9-12-23(15-20)18(24)17-7-3-2-6-16(17)14-21/h2-3,6-7H,4-5,8-13,15H2,1H3/t20-/m0/s1. The first-order chi connectivity index (χ1) is 12.6. The van der Waals surface area contributed by atoms with Crippen molar-refractivity contribution in [3.63, 3.8) is 0 Å². The molecule has 1 spiro atoms. The maximum Gasteiger partial charge on any atom is 0.255 e. The van der Waals surface area contributed by atoms with Gasteiger partial charge in [0, 0.05) is 39.9 Å². The van der Waals surface area contributed by atoms with Gasteiger partial charge in [-0.05, 0) is 37.8 Å². The zero-order valence-corrected chi connectivity index (χ0v) is 15.2. The van der Waals surface area contributed by atoms with Gasteiger partial charge < -0.3 is 14.5 Å². The second-order valence-corrected chi connectivity index (χ2v) is 7.16. The summed E-state index contributed by atoms with van der Waals surface area (Å²) in [7, 11) is 1.67. The smallest absolute Gasteiger partial charge is 0.255 e. The fourth-order valence-electron chi connectivity index (χ4n) is 4.13. The number of likely N-dealkylation sites (tertiary alicyclic amines) is 2. The lowest BCUT2D eigenvalue weighted by Crippen LogP contribution is -2.50. The van der Waals surface area contributed by atoms with Crippen molar-refractivity contribution in [2.45, 2.75) is 25.7 Å². The highest BCUT2D eigenvalue weighted by Gasteiger charge is 2.49. The van der Waals surface area contributed by atoms with Crippen molar-refractivity contribution < 1.29 is 14.3 Å². The van der Waals surface area contributed by atoms with E-state index in [-0.39, 0.29) is 11.8 Å². The van der Waals surface area contributed by atoms with Crippen LogP contribution in [0.4, 0.5) is 0 Å². The van der Waals surface area contributed by atoms with Crippen LogP contribution in [-0.4, -0.2) is 61.5 Å². The van der Waals surface area contributed by atoms with E-state index in [0.717, 1.165) is 25.8 Å². The first-order valence-electron chi connectivity index (χ1n) is 9.18. The highest BCUT2D eigenvalue weighted by Crippen LogP contribution is 2.40. The van der Waals surface area contributed by atoms with Crippen LogP contribution in [0.3, 0.4) is 0 Å². The van der Waals surface area contributed by atoms with Crippen LogP contribution in [0.2, 0.25) is 0 Å². The molecule has 0 radical (unpaired) electrons. The molecule has 2 heterocycles. The second kappa shape index (κ2) is 7.88. The van der Waals surface area contributed by atoms with Gasteiger partial charge in [0.15, 0.2) is 0 Å². The Morgan fingerprint density at radius 3 is 2.88 bits per heavy atom. The molecule has 2 amide bonds. The van der Waals surface area contributed by atoms with E-state index in [0.29, 0.717) is 43.8 Å². The number of nitrogens with zero attached hydrogens (tertiary/aromatic N) is 3. The minimum Gasteiger partial charge on any atom is -0.385 e. The van der Waals surface area contributed by atoms with Crippen LogP contribution < -0.4 is 0 Å². The summed E-state index contributed by atoms with van der Waals surface area (Å²) in [4.78, 5) is 29.6. The minimum atomic E-state index is -0.456. The molecule has 0 aliphatic carbocycles. The molecular formula is C20H25N3O3. The number of hydrogen-bond acceptors (Lipinski definition) is 4. The minimum absolute atomic E-state index is 0.150. The largest absolute Gasteiger partial charge is 0.385 e. The molecule has 0 unspecified atom stereocenters. The van der Waals surface area contributed by atoms with Crippen LogP contribution in [0.25, 0.3) is 0 Å². The molecular weight excluding hydrogens is 330 g/mol. The Morgan fingerprint density at radius 1 is 1.31 bits per heavy atom. The number of carbonyl (C=O) groups is 2. The van der Waals surface area contributed by atoms with Gasteiger partial charge in [-0.3, -0.25) is 9.59 Å². The molecule has 26 heavy (non-hydrogen) atoms. The van der Waals surface area contributed by atoms with Crippen molar-refractivity contribution >= 4 is 11.8 Å². The third kappa shape index (κ3) is 3.45. The molecule has 0 saturated carbocycles. The Labute approximate surface area is 154 Å². The number of amides is 2. The van der Waals surface area contributed by atoms with Gasteiger partial charge in [-0.15, -0.1) is 0 Å². The van der Waals surface area contributed by atoms with Gasteiger partial charge in [0.2, 0.25) is 5.91 Å². The van der Waals surface area contributed by atoms with E-state index in [1.54, 1.807) is 36.3 Å². The number of piperidine rings is 1. The predicted molar refractivity (Wildman–Crippen MR) is 96.4 cm³/mol. The van der Waals surface area contributed by atoms with Gasteiger partial charge in [-0.1, -0.05) is 12.1 Å². The molecule has 2 fully saturated rings. The number of nitriles is 1. The third-order valence-electron chi connectivity index (χ3n) is 5.52. The lowest BCUT2D eigenvalue weighted by Gasteiger charge is -2.39. The first-order valence-corrected chi connectivity index (χ1v) is 9.18. The Morgan fingerprint density at radius 2 is 2.12 bits per heavy atom. The van der Waals surface area contributed by atoms with E-state index in [1.807, 2.05) is 4.90 Å². The van der Waals surface area contributed by atoms with Crippen LogP contribution in [0, 0.1) is 16.7 Å². The molecule has 6 nitrogen and oxygen atoms in total. The summed E-state index contributed by atoms with van der Waals surface area (Å²) in [5, 5.41) is 9.24. The molecule has 6 heteroatoms. The number of carbonyl (C=O) groups excluding carboxylic acids is 2. The van der Waals surface area contributed by atoms with Crippen LogP contribution in [-0.2, 0) is 9.53 Å². The number of benzene rings is 1. The molecule has 1 aromatic rings. The number of hydrogen-bond donors (Lipinski definition) is 0. The SMILES string of the molecule is COCCCN1CCC[C@@]2(CCN(C(=O)c3ccccc3C#N)C2)C1=O. The number of ether oxygens (including phenoxy) is 1. The molecule has 1 atom stereocenters. The molecule has 2 saturated heterocycles. The summed E-state index contributed by atoms with van der Waals surface area (Å²) in [6.45, 7) is 3.16. The summed E-state index contributed by atoms with van der Waals surface area (Å²) in [5.74, 6) is 0.0204. The average Bonchev–Trinajstić information content (AvgIpc) is 3.10. The van der Waals surface area contributed by atoms with Crippen LogP contribution in [0.5, 0.6) is 0 Å². The fraction of sp³-hybridized carbons (Fsp3) is 0.550. The Hall–Kier alpha value is -2.39. The molecule has 138 valence electrons. The van der Waals surface area contributed by atoms with Crippen LogP contribution >= 0.6 is 0 Å². The average molecular weight is 355 g/mol. The van der Waals surface area contributed by atoms with Gasteiger partial charge in [0.05, 0.1) is 22.6 Å². The van der Waals surface area contributed by atoms with Gasteiger partial charge in [-0.25, -0.2) is 0 Å². The molecule has 0 N–H and O–H groups in total. The van der Waals surface area contributed by atoms with Crippen molar-refractivity contribution in [2.75, 3.05) is 39.9 Å². The fourth-order valence-corrected chi connectivity index (χ4v) is 4.13. The summed E-state index contributed by atoms with van der Waals surface area (Å²) >= 11 is 0. The van der Waals surface area contributed by atoms with E-state index in [2.05, 4.69) is 6.07 Å². The van der Waals surface area contributed by atoms with Gasteiger partial charge in [-0.2, -0.15) is 5.26 Å². The molecule has 2 aliphatic heterocycles. The maximum atomic E-state index is 13.1.